The average molecular weight is 249 g/mol. The fourth-order valence-corrected chi connectivity index (χ4v) is 2.80. The van der Waals surface area contributed by atoms with Crippen LogP contribution < -0.4 is 4.90 Å². The fraction of sp³-hybridized carbons (Fsp3) is 0.571. The van der Waals surface area contributed by atoms with Gasteiger partial charge in [0.2, 0.25) is 0 Å². The minimum absolute atomic E-state index is 0.175. The van der Waals surface area contributed by atoms with E-state index in [9.17, 15) is 10.1 Å². The van der Waals surface area contributed by atoms with Gasteiger partial charge in [0, 0.05) is 17.7 Å². The van der Waals surface area contributed by atoms with Gasteiger partial charge in [-0.15, -0.1) is 0 Å². The van der Waals surface area contributed by atoms with Crippen molar-refractivity contribution in [3.05, 3.63) is 39.9 Å². The lowest BCUT2D eigenvalue weighted by Gasteiger charge is -2.28. The molecule has 1 atom stereocenters. The number of nitrogens with one attached hydrogen (secondary N) is 1. The van der Waals surface area contributed by atoms with E-state index in [2.05, 4.69) is 7.05 Å². The Kier molecular flexibility index (Phi) is 4.31. The average Bonchev–Trinajstić information content (AvgIpc) is 2.40. The summed E-state index contributed by atoms with van der Waals surface area (Å²) in [4.78, 5) is 11.8. The van der Waals surface area contributed by atoms with Crippen LogP contribution in [0.4, 0.5) is 5.69 Å². The molecule has 0 radical (unpaired) electrons. The van der Waals surface area contributed by atoms with Crippen molar-refractivity contribution in [1.82, 2.24) is 0 Å². The van der Waals surface area contributed by atoms with E-state index in [0.29, 0.717) is 0 Å². The smallest absolute Gasteiger partial charge is 0.269 e. The zero-order valence-electron chi connectivity index (χ0n) is 10.9. The van der Waals surface area contributed by atoms with Gasteiger partial charge in [-0.25, -0.2) is 0 Å². The number of rotatable bonds is 4. The summed E-state index contributed by atoms with van der Waals surface area (Å²) in [5, 5.41) is 10.6. The van der Waals surface area contributed by atoms with Gasteiger partial charge in [0.1, 0.15) is 6.54 Å². The summed E-state index contributed by atoms with van der Waals surface area (Å²) in [5.74, 6) is 0. The molecule has 1 aliphatic rings. The second-order valence-corrected chi connectivity index (χ2v) is 5.28. The maximum Gasteiger partial charge on any atom is 0.269 e. The van der Waals surface area contributed by atoms with E-state index in [1.54, 1.807) is 12.1 Å². The molecule has 4 heteroatoms. The molecule has 0 aliphatic heterocycles. The lowest BCUT2D eigenvalue weighted by atomic mass is 9.94. The third kappa shape index (κ3) is 3.29. The summed E-state index contributed by atoms with van der Waals surface area (Å²) in [6, 6.07) is 7.72. The Hall–Kier alpha value is -1.42. The molecule has 0 spiro atoms. The second kappa shape index (κ2) is 5.96. The molecule has 1 unspecified atom stereocenters. The number of nitro benzene ring substituents is 1. The molecule has 2 rings (SSSR count). The van der Waals surface area contributed by atoms with Gasteiger partial charge >= 0.3 is 0 Å². The number of hydrogen-bond donors (Lipinski definition) is 1. The number of quaternary nitrogens is 1. The molecular formula is C14H21N2O2+. The second-order valence-electron chi connectivity index (χ2n) is 5.28. The Morgan fingerprint density at radius 1 is 1.22 bits per heavy atom. The summed E-state index contributed by atoms with van der Waals surface area (Å²) in [7, 11) is 2.23. The third-order valence-corrected chi connectivity index (χ3v) is 3.93. The Labute approximate surface area is 108 Å². The number of nitrogens with zero attached hydrogens (tertiary/aromatic N) is 1. The van der Waals surface area contributed by atoms with Gasteiger partial charge in [-0.05, 0) is 37.8 Å². The highest BCUT2D eigenvalue weighted by Gasteiger charge is 2.21. The first-order chi connectivity index (χ1) is 8.66. The van der Waals surface area contributed by atoms with E-state index in [4.69, 9.17) is 0 Å². The highest BCUT2D eigenvalue weighted by molar-refractivity contribution is 5.32. The maximum atomic E-state index is 10.6. The van der Waals surface area contributed by atoms with E-state index in [1.165, 1.54) is 42.6 Å². The molecule has 4 nitrogen and oxygen atoms in total. The van der Waals surface area contributed by atoms with Crippen LogP contribution in [0.15, 0.2) is 24.3 Å². The van der Waals surface area contributed by atoms with Gasteiger partial charge in [-0.2, -0.15) is 0 Å². The lowest BCUT2D eigenvalue weighted by molar-refractivity contribution is -0.921. The van der Waals surface area contributed by atoms with Crippen molar-refractivity contribution in [1.29, 1.82) is 0 Å². The fourth-order valence-electron chi connectivity index (χ4n) is 2.80. The van der Waals surface area contributed by atoms with Crippen molar-refractivity contribution in [2.24, 2.45) is 0 Å². The van der Waals surface area contributed by atoms with E-state index < -0.39 is 0 Å². The van der Waals surface area contributed by atoms with Gasteiger partial charge in [0.25, 0.3) is 5.69 Å². The molecule has 1 N–H and O–H groups in total. The third-order valence-electron chi connectivity index (χ3n) is 3.93. The summed E-state index contributed by atoms with van der Waals surface area (Å²) in [6.45, 7) is 0.961. The zero-order valence-corrected chi connectivity index (χ0v) is 10.9. The summed E-state index contributed by atoms with van der Waals surface area (Å²) in [5.41, 5.74) is 1.36. The quantitative estimate of drug-likeness (QED) is 0.655. The monoisotopic (exact) mass is 249 g/mol. The summed E-state index contributed by atoms with van der Waals surface area (Å²) >= 11 is 0. The number of hydrogen-bond acceptors (Lipinski definition) is 2. The van der Waals surface area contributed by atoms with E-state index in [1.807, 2.05) is 12.1 Å². The number of non-ortho nitro benzene ring substituents is 1. The first-order valence-corrected chi connectivity index (χ1v) is 6.72. The first-order valence-electron chi connectivity index (χ1n) is 6.72. The molecule has 1 aliphatic carbocycles. The topological polar surface area (TPSA) is 47.6 Å². The van der Waals surface area contributed by atoms with Crippen LogP contribution in [0.5, 0.6) is 0 Å². The van der Waals surface area contributed by atoms with Crippen LogP contribution in [-0.4, -0.2) is 18.0 Å². The predicted octanol–water partition coefficient (Wildman–Crippen LogP) is 1.94. The van der Waals surface area contributed by atoms with E-state index >= 15 is 0 Å². The molecule has 0 amide bonds. The molecule has 1 saturated carbocycles. The van der Waals surface area contributed by atoms with E-state index in [-0.39, 0.29) is 10.6 Å². The molecule has 1 fully saturated rings. The minimum atomic E-state index is -0.346. The Bertz CT molecular complexity index is 397. The van der Waals surface area contributed by atoms with Crippen molar-refractivity contribution in [2.75, 3.05) is 7.05 Å². The molecule has 1 aromatic carbocycles. The number of nitro groups is 1. The lowest BCUT2D eigenvalue weighted by Crippen LogP contribution is -3.11. The van der Waals surface area contributed by atoms with Crippen molar-refractivity contribution in [2.45, 2.75) is 44.7 Å². The van der Waals surface area contributed by atoms with E-state index in [0.717, 1.165) is 12.6 Å². The van der Waals surface area contributed by atoms with Crippen molar-refractivity contribution in [3.8, 4) is 0 Å². The van der Waals surface area contributed by atoms with Gasteiger partial charge in [0.05, 0.1) is 18.0 Å². The standard InChI is InChI=1S/C14H20N2O2/c1-15(13-5-3-2-4-6-13)11-12-7-9-14(10-8-12)16(17)18/h7-10,13H,2-6,11H2,1H3/p+1. The molecule has 0 heterocycles. The molecule has 1 aromatic rings. The van der Waals surface area contributed by atoms with Crippen molar-refractivity contribution in [3.63, 3.8) is 0 Å². The van der Waals surface area contributed by atoms with Crippen LogP contribution >= 0.6 is 0 Å². The summed E-state index contributed by atoms with van der Waals surface area (Å²) in [6.07, 6.45) is 6.71. The van der Waals surface area contributed by atoms with Gasteiger partial charge < -0.3 is 4.90 Å². The maximum absolute atomic E-state index is 10.6. The van der Waals surface area contributed by atoms with Crippen LogP contribution in [0.2, 0.25) is 0 Å². The van der Waals surface area contributed by atoms with Crippen molar-refractivity contribution >= 4 is 5.69 Å². The molecule has 0 bridgehead atoms. The number of benzene rings is 1. The van der Waals surface area contributed by atoms with Gasteiger partial charge in [-0.3, -0.25) is 10.1 Å². The van der Waals surface area contributed by atoms with Gasteiger partial charge in [-0.1, -0.05) is 6.42 Å². The largest absolute Gasteiger partial charge is 0.331 e. The zero-order chi connectivity index (χ0) is 13.0. The molecule has 0 saturated heterocycles. The van der Waals surface area contributed by atoms with Crippen LogP contribution in [0.1, 0.15) is 37.7 Å². The summed E-state index contributed by atoms with van der Waals surface area (Å²) < 4.78 is 0. The minimum Gasteiger partial charge on any atom is -0.331 e. The molecule has 0 aromatic heterocycles. The van der Waals surface area contributed by atoms with Crippen LogP contribution in [-0.2, 0) is 6.54 Å². The van der Waals surface area contributed by atoms with Gasteiger partial charge in [0.15, 0.2) is 0 Å². The molecule has 98 valence electrons. The normalized spacial score (nSPS) is 18.5. The Morgan fingerprint density at radius 2 is 1.83 bits per heavy atom. The molecule has 18 heavy (non-hydrogen) atoms. The van der Waals surface area contributed by atoms with Crippen LogP contribution in [0.3, 0.4) is 0 Å². The Morgan fingerprint density at radius 3 is 2.39 bits per heavy atom. The molecular weight excluding hydrogens is 228 g/mol. The Balaban J connectivity index is 1.93. The predicted molar refractivity (Wildman–Crippen MR) is 70.6 cm³/mol. The van der Waals surface area contributed by atoms with Crippen LogP contribution in [0, 0.1) is 10.1 Å². The highest BCUT2D eigenvalue weighted by Crippen LogP contribution is 2.16. The van der Waals surface area contributed by atoms with Crippen molar-refractivity contribution < 1.29 is 9.82 Å². The SMILES string of the molecule is C[NH+](Cc1ccc([N+](=O)[O-])cc1)C1CCCCC1. The van der Waals surface area contributed by atoms with Crippen LogP contribution in [0.25, 0.3) is 0 Å². The highest BCUT2D eigenvalue weighted by atomic mass is 16.6. The first kappa shape index (κ1) is 13.0.